The van der Waals surface area contributed by atoms with E-state index in [-0.39, 0.29) is 24.4 Å². The van der Waals surface area contributed by atoms with Gasteiger partial charge in [0.1, 0.15) is 12.6 Å². The van der Waals surface area contributed by atoms with Crippen LogP contribution in [0.4, 0.5) is 11.4 Å². The summed E-state index contributed by atoms with van der Waals surface area (Å²) in [4.78, 5) is 29.6. The summed E-state index contributed by atoms with van der Waals surface area (Å²) < 4.78 is 0. The van der Waals surface area contributed by atoms with Crippen molar-refractivity contribution in [2.24, 2.45) is 0 Å². The molecule has 2 amide bonds. The largest absolute Gasteiger partial charge is 0.323 e. The number of para-hydroxylation sites is 2. The van der Waals surface area contributed by atoms with E-state index in [9.17, 15) is 9.59 Å². The van der Waals surface area contributed by atoms with Gasteiger partial charge in [-0.1, -0.05) is 18.2 Å². The number of carbonyl (C=O) groups excluding carboxylic acids is 2. The number of hydrogen-bond donors (Lipinski definition) is 2. The highest BCUT2D eigenvalue weighted by Gasteiger charge is 2.40. The molecule has 2 N–H and O–H groups in total. The maximum Gasteiger partial charge on any atom is 0.285 e. The van der Waals surface area contributed by atoms with Crippen molar-refractivity contribution in [2.75, 3.05) is 23.3 Å². The molecule has 25 heavy (non-hydrogen) atoms. The van der Waals surface area contributed by atoms with Crippen molar-refractivity contribution in [3.8, 4) is 0 Å². The van der Waals surface area contributed by atoms with Gasteiger partial charge in [-0.05, 0) is 30.5 Å². The van der Waals surface area contributed by atoms with Gasteiger partial charge in [-0.15, -0.1) is 11.3 Å². The van der Waals surface area contributed by atoms with Crippen molar-refractivity contribution < 1.29 is 14.5 Å². The molecule has 0 aliphatic carbocycles. The highest BCUT2D eigenvalue weighted by atomic mass is 32.1. The average Bonchev–Trinajstić information content (AvgIpc) is 3.30. The SMILES string of the molecule is C[C@@H](C(=O)N1CC(=O)Nc2ccccc21)[NH+]1CCC[C@@H]1c1cccs1. The Bertz CT molecular complexity index is 790. The van der Waals surface area contributed by atoms with Crippen molar-refractivity contribution >= 4 is 34.5 Å². The van der Waals surface area contributed by atoms with E-state index >= 15 is 0 Å². The van der Waals surface area contributed by atoms with Crippen molar-refractivity contribution in [1.29, 1.82) is 0 Å². The standard InChI is InChI=1S/C19H21N3O2S/c1-13(21-10-4-8-16(21)17-9-5-11-25-17)19(24)22-12-18(23)20-14-6-2-3-7-15(14)22/h2-3,5-7,9,11,13,16H,4,8,10,12H2,1H3,(H,20,23)/p+1/t13-,16+/m0/s1. The maximum absolute atomic E-state index is 13.2. The summed E-state index contributed by atoms with van der Waals surface area (Å²) in [5.74, 6) is -0.105. The molecule has 0 radical (unpaired) electrons. The molecule has 0 spiro atoms. The minimum atomic E-state index is -0.173. The van der Waals surface area contributed by atoms with Gasteiger partial charge < -0.3 is 10.2 Å². The van der Waals surface area contributed by atoms with Crippen LogP contribution in [-0.2, 0) is 9.59 Å². The highest BCUT2D eigenvalue weighted by Crippen LogP contribution is 2.30. The Morgan fingerprint density at radius 3 is 2.96 bits per heavy atom. The lowest BCUT2D eigenvalue weighted by Gasteiger charge is -2.33. The molecule has 2 aliphatic rings. The third-order valence-electron chi connectivity index (χ3n) is 5.26. The zero-order chi connectivity index (χ0) is 17.4. The second kappa shape index (κ2) is 6.61. The van der Waals surface area contributed by atoms with Gasteiger partial charge in [0.15, 0.2) is 6.04 Å². The van der Waals surface area contributed by atoms with Crippen LogP contribution in [0.2, 0.25) is 0 Å². The fraction of sp³-hybridized carbons (Fsp3) is 0.368. The number of thiophene rings is 1. The molecule has 130 valence electrons. The Morgan fingerprint density at radius 1 is 1.32 bits per heavy atom. The minimum absolute atomic E-state index is 0.0285. The number of nitrogens with one attached hydrogen (secondary N) is 2. The van der Waals surface area contributed by atoms with Crippen molar-refractivity contribution in [2.45, 2.75) is 31.8 Å². The molecule has 1 aromatic heterocycles. The summed E-state index contributed by atoms with van der Waals surface area (Å²) in [5.41, 5.74) is 1.51. The molecule has 2 aliphatic heterocycles. The monoisotopic (exact) mass is 356 g/mol. The summed E-state index contributed by atoms with van der Waals surface area (Å²) in [6.45, 7) is 3.09. The van der Waals surface area contributed by atoms with E-state index in [0.717, 1.165) is 25.1 Å². The van der Waals surface area contributed by atoms with E-state index in [1.807, 2.05) is 31.2 Å². The molecular weight excluding hydrogens is 334 g/mol. The van der Waals surface area contributed by atoms with Crippen molar-refractivity contribution in [1.82, 2.24) is 0 Å². The Kier molecular flexibility index (Phi) is 4.31. The number of fused-ring (bicyclic) bond motifs is 1. The topological polar surface area (TPSA) is 53.9 Å². The lowest BCUT2D eigenvalue weighted by Crippen LogP contribution is -3.15. The maximum atomic E-state index is 13.2. The molecule has 1 fully saturated rings. The van der Waals surface area contributed by atoms with Crippen LogP contribution in [0.5, 0.6) is 0 Å². The Hall–Kier alpha value is -2.18. The number of anilines is 2. The third-order valence-corrected chi connectivity index (χ3v) is 6.24. The van der Waals surface area contributed by atoms with Gasteiger partial charge in [0.2, 0.25) is 5.91 Å². The summed E-state index contributed by atoms with van der Waals surface area (Å²) >= 11 is 1.77. The summed E-state index contributed by atoms with van der Waals surface area (Å²) in [7, 11) is 0. The number of benzene rings is 1. The van der Waals surface area contributed by atoms with Gasteiger partial charge >= 0.3 is 0 Å². The number of rotatable bonds is 3. The molecule has 5 nitrogen and oxygen atoms in total. The van der Waals surface area contributed by atoms with E-state index in [0.29, 0.717) is 11.7 Å². The van der Waals surface area contributed by atoms with Crippen LogP contribution in [0.3, 0.4) is 0 Å². The molecule has 1 aromatic carbocycles. The van der Waals surface area contributed by atoms with Crippen molar-refractivity contribution in [3.63, 3.8) is 0 Å². The number of likely N-dealkylation sites (tertiary alicyclic amines) is 1. The van der Waals surface area contributed by atoms with E-state index in [2.05, 4.69) is 22.8 Å². The number of hydrogen-bond acceptors (Lipinski definition) is 3. The molecular formula is C19H22N3O2S+. The van der Waals surface area contributed by atoms with Gasteiger partial charge in [-0.25, -0.2) is 0 Å². The fourth-order valence-corrected chi connectivity index (χ4v) is 4.93. The van der Waals surface area contributed by atoms with Crippen LogP contribution in [0.15, 0.2) is 41.8 Å². The van der Waals surface area contributed by atoms with Crippen LogP contribution >= 0.6 is 11.3 Å². The molecule has 1 unspecified atom stereocenters. The van der Waals surface area contributed by atoms with E-state index in [4.69, 9.17) is 0 Å². The molecule has 3 atom stereocenters. The second-order valence-electron chi connectivity index (χ2n) is 6.75. The zero-order valence-corrected chi connectivity index (χ0v) is 15.0. The molecule has 3 heterocycles. The number of carbonyl (C=O) groups is 2. The molecule has 1 saturated heterocycles. The molecule has 0 bridgehead atoms. The number of quaternary nitrogens is 1. The van der Waals surface area contributed by atoms with Crippen LogP contribution in [0, 0.1) is 0 Å². The molecule has 0 saturated carbocycles. The minimum Gasteiger partial charge on any atom is -0.323 e. The predicted octanol–water partition coefficient (Wildman–Crippen LogP) is 1.84. The molecule has 2 aromatic rings. The first-order valence-corrected chi connectivity index (χ1v) is 9.62. The van der Waals surface area contributed by atoms with Gasteiger partial charge in [-0.2, -0.15) is 0 Å². The second-order valence-corrected chi connectivity index (χ2v) is 7.73. The van der Waals surface area contributed by atoms with Crippen LogP contribution in [-0.4, -0.2) is 30.9 Å². The number of nitrogens with zero attached hydrogens (tertiary/aromatic N) is 1. The van der Waals surface area contributed by atoms with E-state index < -0.39 is 0 Å². The fourth-order valence-electron chi connectivity index (χ4n) is 4.02. The van der Waals surface area contributed by atoms with Gasteiger partial charge in [0, 0.05) is 12.8 Å². The van der Waals surface area contributed by atoms with Gasteiger partial charge in [0.25, 0.3) is 5.91 Å². The highest BCUT2D eigenvalue weighted by molar-refractivity contribution is 7.10. The summed E-state index contributed by atoms with van der Waals surface area (Å²) in [6, 6.07) is 12.0. The normalized spacial score (nSPS) is 23.9. The van der Waals surface area contributed by atoms with Crippen molar-refractivity contribution in [3.05, 3.63) is 46.7 Å². The third kappa shape index (κ3) is 2.96. The first-order valence-electron chi connectivity index (χ1n) is 8.74. The number of amides is 2. The Balaban J connectivity index is 1.59. The van der Waals surface area contributed by atoms with Gasteiger partial charge in [0.05, 0.1) is 22.8 Å². The predicted molar refractivity (Wildman–Crippen MR) is 99.0 cm³/mol. The molecule has 6 heteroatoms. The first kappa shape index (κ1) is 16.3. The van der Waals surface area contributed by atoms with Gasteiger partial charge in [-0.3, -0.25) is 14.5 Å². The molecule has 4 rings (SSSR count). The quantitative estimate of drug-likeness (QED) is 0.882. The summed E-state index contributed by atoms with van der Waals surface area (Å²) in [5, 5.41) is 4.95. The van der Waals surface area contributed by atoms with E-state index in [1.165, 1.54) is 9.78 Å². The zero-order valence-electron chi connectivity index (χ0n) is 14.2. The lowest BCUT2D eigenvalue weighted by atomic mass is 10.1. The average molecular weight is 356 g/mol. The Morgan fingerprint density at radius 2 is 2.16 bits per heavy atom. The first-order chi connectivity index (χ1) is 12.1. The van der Waals surface area contributed by atoms with Crippen LogP contribution in [0.25, 0.3) is 0 Å². The Labute approximate surface area is 151 Å². The summed E-state index contributed by atoms with van der Waals surface area (Å²) in [6.07, 6.45) is 2.25. The smallest absolute Gasteiger partial charge is 0.285 e. The van der Waals surface area contributed by atoms with Crippen LogP contribution < -0.4 is 15.1 Å². The van der Waals surface area contributed by atoms with E-state index in [1.54, 1.807) is 16.2 Å². The lowest BCUT2D eigenvalue weighted by molar-refractivity contribution is -0.931. The van der Waals surface area contributed by atoms with Crippen LogP contribution in [0.1, 0.15) is 30.7 Å².